The van der Waals surface area contributed by atoms with Gasteiger partial charge in [0.15, 0.2) is 0 Å². The molecule has 0 saturated heterocycles. The topological polar surface area (TPSA) is 106 Å². The molecule has 0 saturated carbocycles. The minimum Gasteiger partial charge on any atom is -0.508 e. The van der Waals surface area contributed by atoms with E-state index in [-0.39, 0.29) is 11.4 Å². The predicted octanol–water partition coefficient (Wildman–Crippen LogP) is 0.602. The summed E-state index contributed by atoms with van der Waals surface area (Å²) in [6.07, 6.45) is 0. The van der Waals surface area contributed by atoms with Crippen molar-refractivity contribution in [1.29, 1.82) is 0 Å². The second-order valence-corrected chi connectivity index (χ2v) is 4.65. The highest BCUT2D eigenvalue weighted by Crippen LogP contribution is 2.27. The Balaban J connectivity index is 2.33. The molecule has 3 N–H and O–H groups in total. The largest absolute Gasteiger partial charge is 0.508 e. The fourth-order valence-corrected chi connectivity index (χ4v) is 2.00. The molecule has 1 aromatic heterocycles. The number of nitrogens with zero attached hydrogens (tertiary/aromatic N) is 1. The van der Waals surface area contributed by atoms with Gasteiger partial charge in [-0.05, 0) is 13.0 Å². The number of H-pyrrole nitrogens is 2. The van der Waals surface area contributed by atoms with Crippen LogP contribution in [0, 0.1) is 0 Å². The van der Waals surface area contributed by atoms with Crippen molar-refractivity contribution in [3.63, 3.8) is 0 Å². The van der Waals surface area contributed by atoms with Crippen molar-refractivity contribution in [2.75, 3.05) is 7.05 Å². The zero-order valence-corrected chi connectivity index (χ0v) is 11.6. The maximum Gasteiger partial charge on any atom is 0.326 e. The molecule has 1 unspecified atom stereocenters. The molecule has 0 bridgehead atoms. The maximum atomic E-state index is 12.3. The first-order valence-corrected chi connectivity index (χ1v) is 6.29. The first-order valence-electron chi connectivity index (χ1n) is 6.29. The molecule has 0 fully saturated rings. The average molecular weight is 289 g/mol. The minimum absolute atomic E-state index is 0.0732. The van der Waals surface area contributed by atoms with Crippen molar-refractivity contribution >= 4 is 5.91 Å². The molecule has 0 aliphatic heterocycles. The Morgan fingerprint density at radius 2 is 1.90 bits per heavy atom. The SMILES string of the molecule is CC(c1ccccc1O)N(C)C(=O)c1cc(=O)[nH]c(=O)[nH]1. The van der Waals surface area contributed by atoms with Gasteiger partial charge in [-0.3, -0.25) is 14.6 Å². The summed E-state index contributed by atoms with van der Waals surface area (Å²) in [5.74, 6) is -0.446. The fourth-order valence-electron chi connectivity index (χ4n) is 2.00. The molecule has 1 amide bonds. The van der Waals surface area contributed by atoms with E-state index < -0.39 is 23.2 Å². The number of hydrogen-bond acceptors (Lipinski definition) is 4. The second kappa shape index (κ2) is 5.66. The maximum absolute atomic E-state index is 12.3. The molecule has 7 nitrogen and oxygen atoms in total. The molecule has 21 heavy (non-hydrogen) atoms. The highest BCUT2D eigenvalue weighted by Gasteiger charge is 2.21. The van der Waals surface area contributed by atoms with E-state index in [1.54, 1.807) is 25.1 Å². The summed E-state index contributed by atoms with van der Waals surface area (Å²) in [6, 6.07) is 7.25. The van der Waals surface area contributed by atoms with Gasteiger partial charge < -0.3 is 15.0 Å². The highest BCUT2D eigenvalue weighted by atomic mass is 16.3. The summed E-state index contributed by atoms with van der Waals surface area (Å²) >= 11 is 0. The molecule has 1 atom stereocenters. The van der Waals surface area contributed by atoms with Crippen LogP contribution in [0.15, 0.2) is 39.9 Å². The standard InChI is InChI=1S/C14H15N3O4/c1-8(9-5-3-4-6-11(9)18)17(2)13(20)10-7-12(19)16-14(21)15-10/h3-8,18H,1-2H3,(H2,15,16,19,21). The Hall–Kier alpha value is -2.83. The predicted molar refractivity (Wildman–Crippen MR) is 76.3 cm³/mol. The molecule has 0 aliphatic carbocycles. The van der Waals surface area contributed by atoms with Crippen molar-refractivity contribution in [3.05, 3.63) is 62.4 Å². The van der Waals surface area contributed by atoms with Crippen molar-refractivity contribution in [1.82, 2.24) is 14.9 Å². The smallest absolute Gasteiger partial charge is 0.326 e. The minimum atomic E-state index is -0.741. The number of para-hydroxylation sites is 1. The van der Waals surface area contributed by atoms with E-state index in [1.807, 2.05) is 4.98 Å². The Morgan fingerprint density at radius 3 is 2.52 bits per heavy atom. The van der Waals surface area contributed by atoms with E-state index in [4.69, 9.17) is 0 Å². The van der Waals surface area contributed by atoms with Crippen LogP contribution < -0.4 is 11.2 Å². The molecule has 110 valence electrons. The van der Waals surface area contributed by atoms with Crippen LogP contribution >= 0.6 is 0 Å². The van der Waals surface area contributed by atoms with Crippen LogP contribution in [0.5, 0.6) is 5.75 Å². The summed E-state index contributed by atoms with van der Waals surface area (Å²) in [5, 5.41) is 9.82. The van der Waals surface area contributed by atoms with Gasteiger partial charge in [0.25, 0.3) is 11.5 Å². The lowest BCUT2D eigenvalue weighted by atomic mass is 10.1. The Morgan fingerprint density at radius 1 is 1.24 bits per heavy atom. The number of phenolic OH excluding ortho intramolecular Hbond substituents is 1. The average Bonchev–Trinajstić information content (AvgIpc) is 2.44. The van der Waals surface area contributed by atoms with Crippen LogP contribution in [0.1, 0.15) is 29.0 Å². The second-order valence-electron chi connectivity index (χ2n) is 4.65. The number of amides is 1. The lowest BCUT2D eigenvalue weighted by molar-refractivity contribution is 0.0734. The molecule has 2 aromatic rings. The van der Waals surface area contributed by atoms with Gasteiger partial charge in [0, 0.05) is 18.7 Å². The number of aromatic nitrogens is 2. The molecular formula is C14H15N3O4. The number of aromatic amines is 2. The summed E-state index contributed by atoms with van der Waals surface area (Å²) in [7, 11) is 1.53. The number of benzene rings is 1. The van der Waals surface area contributed by atoms with Gasteiger partial charge in [0.1, 0.15) is 11.4 Å². The summed E-state index contributed by atoms with van der Waals surface area (Å²) in [5.41, 5.74) is -0.922. The van der Waals surface area contributed by atoms with Crippen LogP contribution in [0.25, 0.3) is 0 Å². The van der Waals surface area contributed by atoms with Crippen LogP contribution in [-0.4, -0.2) is 32.9 Å². The molecule has 1 heterocycles. The van der Waals surface area contributed by atoms with E-state index in [2.05, 4.69) is 4.98 Å². The first-order chi connectivity index (χ1) is 9.90. The zero-order valence-electron chi connectivity index (χ0n) is 11.6. The van der Waals surface area contributed by atoms with E-state index in [9.17, 15) is 19.5 Å². The number of nitrogens with one attached hydrogen (secondary N) is 2. The molecule has 0 radical (unpaired) electrons. The van der Waals surface area contributed by atoms with Crippen molar-refractivity contribution < 1.29 is 9.90 Å². The normalized spacial score (nSPS) is 11.9. The molecule has 7 heteroatoms. The van der Waals surface area contributed by atoms with Gasteiger partial charge in [-0.25, -0.2) is 4.79 Å². The van der Waals surface area contributed by atoms with E-state index in [0.717, 1.165) is 6.07 Å². The first kappa shape index (κ1) is 14.6. The number of carbonyl (C=O) groups excluding carboxylic acids is 1. The summed E-state index contributed by atoms with van der Waals surface area (Å²) < 4.78 is 0. The Labute approximate surface area is 119 Å². The van der Waals surface area contributed by atoms with Gasteiger partial charge in [0.2, 0.25) is 0 Å². The third-order valence-corrected chi connectivity index (χ3v) is 3.28. The van der Waals surface area contributed by atoms with Crippen LogP contribution in [-0.2, 0) is 0 Å². The van der Waals surface area contributed by atoms with Crippen LogP contribution in [0.2, 0.25) is 0 Å². The lowest BCUT2D eigenvalue weighted by Gasteiger charge is -2.25. The summed E-state index contributed by atoms with van der Waals surface area (Å²) in [6.45, 7) is 1.73. The lowest BCUT2D eigenvalue weighted by Crippen LogP contribution is -2.34. The monoisotopic (exact) mass is 289 g/mol. The van der Waals surface area contributed by atoms with Crippen LogP contribution in [0.3, 0.4) is 0 Å². The van der Waals surface area contributed by atoms with Gasteiger partial charge in [-0.15, -0.1) is 0 Å². The van der Waals surface area contributed by atoms with E-state index >= 15 is 0 Å². The third-order valence-electron chi connectivity index (χ3n) is 3.28. The van der Waals surface area contributed by atoms with Gasteiger partial charge >= 0.3 is 5.69 Å². The fraction of sp³-hybridized carbons (Fsp3) is 0.214. The number of phenols is 1. The van der Waals surface area contributed by atoms with Gasteiger partial charge in [-0.2, -0.15) is 0 Å². The zero-order chi connectivity index (χ0) is 15.6. The number of rotatable bonds is 3. The molecule has 2 rings (SSSR count). The van der Waals surface area contributed by atoms with Crippen molar-refractivity contribution in [2.45, 2.75) is 13.0 Å². The summed E-state index contributed by atoms with van der Waals surface area (Å²) in [4.78, 5) is 40.4. The van der Waals surface area contributed by atoms with Crippen molar-refractivity contribution in [3.8, 4) is 5.75 Å². The van der Waals surface area contributed by atoms with Crippen molar-refractivity contribution in [2.24, 2.45) is 0 Å². The van der Waals surface area contributed by atoms with Gasteiger partial charge in [-0.1, -0.05) is 18.2 Å². The molecular weight excluding hydrogens is 274 g/mol. The Kier molecular flexibility index (Phi) is 3.93. The number of carbonyl (C=O) groups is 1. The van der Waals surface area contributed by atoms with E-state index in [0.29, 0.717) is 5.56 Å². The highest BCUT2D eigenvalue weighted by molar-refractivity contribution is 5.92. The Bertz CT molecular complexity index is 750. The number of hydrogen-bond donors (Lipinski definition) is 3. The third kappa shape index (κ3) is 3.02. The molecule has 1 aromatic carbocycles. The number of aromatic hydroxyl groups is 1. The quantitative estimate of drug-likeness (QED) is 0.769. The van der Waals surface area contributed by atoms with Gasteiger partial charge in [0.05, 0.1) is 6.04 Å². The van der Waals surface area contributed by atoms with Crippen LogP contribution in [0.4, 0.5) is 0 Å². The molecule has 0 aliphatic rings. The van der Waals surface area contributed by atoms with E-state index in [1.165, 1.54) is 18.0 Å². The molecule has 0 spiro atoms.